The molecule has 0 atom stereocenters. The van der Waals surface area contributed by atoms with Gasteiger partial charge in [0.05, 0.1) is 5.69 Å². The van der Waals surface area contributed by atoms with Crippen LogP contribution in [-0.2, 0) is 18.9 Å². The molecular weight excluding hydrogens is 358 g/mol. The van der Waals surface area contributed by atoms with Crippen LogP contribution in [0, 0.1) is 6.92 Å². The molecule has 0 saturated carbocycles. The molecule has 4 rings (SSSR count). The first kappa shape index (κ1) is 17.6. The normalized spacial score (nSPS) is 11.2. The Balaban J connectivity index is 1.43. The topological polar surface area (TPSA) is 57.2 Å². The van der Waals surface area contributed by atoms with Crippen LogP contribution in [0.15, 0.2) is 60.0 Å². The average molecular weight is 379 g/mol. The van der Waals surface area contributed by atoms with Crippen LogP contribution >= 0.6 is 11.8 Å². The molecule has 0 saturated heterocycles. The fourth-order valence-corrected chi connectivity index (χ4v) is 3.73. The number of hydrogen-bond acceptors (Lipinski definition) is 5. The zero-order valence-electron chi connectivity index (χ0n) is 15.4. The van der Waals surface area contributed by atoms with E-state index < -0.39 is 0 Å². The summed E-state index contributed by atoms with van der Waals surface area (Å²) in [5.74, 6) is 2.42. The lowest BCUT2D eigenvalue weighted by Gasteiger charge is -2.08. The lowest BCUT2D eigenvalue weighted by molar-refractivity contribution is 0.288. The standard InChI is InChI=1S/C20H21N5OS/c1-3-25-19(13-26-17-9-7-15(2)8-10-17)22-23-20(25)27-14-16-12-24-11-5-4-6-18(24)21-16/h4-12H,3,13-14H2,1-2H3. The van der Waals surface area contributed by atoms with Gasteiger partial charge in [0.15, 0.2) is 11.0 Å². The largest absolute Gasteiger partial charge is 0.486 e. The van der Waals surface area contributed by atoms with Crippen molar-refractivity contribution < 1.29 is 4.74 Å². The van der Waals surface area contributed by atoms with Crippen molar-refractivity contribution in [3.8, 4) is 5.75 Å². The quantitative estimate of drug-likeness (QED) is 0.452. The molecular formula is C20H21N5OS. The molecule has 4 aromatic rings. The summed E-state index contributed by atoms with van der Waals surface area (Å²) in [6, 6.07) is 14.0. The second-order valence-electron chi connectivity index (χ2n) is 6.23. The van der Waals surface area contributed by atoms with Crippen molar-refractivity contribution >= 4 is 17.4 Å². The molecule has 0 fully saturated rings. The van der Waals surface area contributed by atoms with Gasteiger partial charge < -0.3 is 13.7 Å². The maximum Gasteiger partial charge on any atom is 0.191 e. The van der Waals surface area contributed by atoms with E-state index in [1.165, 1.54) is 5.56 Å². The minimum absolute atomic E-state index is 0.402. The van der Waals surface area contributed by atoms with E-state index in [1.54, 1.807) is 11.8 Å². The molecule has 0 bridgehead atoms. The van der Waals surface area contributed by atoms with Gasteiger partial charge in [-0.2, -0.15) is 0 Å². The summed E-state index contributed by atoms with van der Waals surface area (Å²) < 4.78 is 9.98. The minimum Gasteiger partial charge on any atom is -0.486 e. The molecule has 0 N–H and O–H groups in total. The van der Waals surface area contributed by atoms with E-state index >= 15 is 0 Å². The summed E-state index contributed by atoms with van der Waals surface area (Å²) in [6.45, 7) is 5.35. The molecule has 0 unspecified atom stereocenters. The van der Waals surface area contributed by atoms with Gasteiger partial charge in [-0.05, 0) is 38.1 Å². The van der Waals surface area contributed by atoms with Crippen molar-refractivity contribution in [3.63, 3.8) is 0 Å². The van der Waals surface area contributed by atoms with Crippen molar-refractivity contribution in [2.45, 2.75) is 37.9 Å². The fourth-order valence-electron chi connectivity index (χ4n) is 2.83. The number of thioether (sulfide) groups is 1. The van der Waals surface area contributed by atoms with Gasteiger partial charge in [0.2, 0.25) is 0 Å². The Morgan fingerprint density at radius 2 is 1.93 bits per heavy atom. The molecule has 7 heteroatoms. The number of fused-ring (bicyclic) bond motifs is 1. The van der Waals surface area contributed by atoms with Crippen LogP contribution in [0.25, 0.3) is 5.65 Å². The number of rotatable bonds is 7. The lowest BCUT2D eigenvalue weighted by Crippen LogP contribution is -2.07. The van der Waals surface area contributed by atoms with Crippen molar-refractivity contribution in [2.24, 2.45) is 0 Å². The van der Waals surface area contributed by atoms with E-state index in [1.807, 2.05) is 53.1 Å². The van der Waals surface area contributed by atoms with Crippen LogP contribution in [0.2, 0.25) is 0 Å². The summed E-state index contributed by atoms with van der Waals surface area (Å²) >= 11 is 1.64. The highest BCUT2D eigenvalue weighted by Crippen LogP contribution is 2.22. The maximum atomic E-state index is 5.86. The molecule has 0 amide bonds. The third-order valence-electron chi connectivity index (χ3n) is 4.26. The maximum absolute atomic E-state index is 5.86. The van der Waals surface area contributed by atoms with Gasteiger partial charge in [0, 0.05) is 24.7 Å². The summed E-state index contributed by atoms with van der Waals surface area (Å²) in [4.78, 5) is 4.63. The van der Waals surface area contributed by atoms with E-state index in [4.69, 9.17) is 4.74 Å². The van der Waals surface area contributed by atoms with E-state index in [9.17, 15) is 0 Å². The number of imidazole rings is 1. The summed E-state index contributed by atoms with van der Waals surface area (Å²) in [6.07, 6.45) is 4.06. The van der Waals surface area contributed by atoms with Gasteiger partial charge in [-0.25, -0.2) is 4.98 Å². The van der Waals surface area contributed by atoms with Crippen molar-refractivity contribution in [1.29, 1.82) is 0 Å². The van der Waals surface area contributed by atoms with E-state index in [2.05, 4.69) is 39.8 Å². The second-order valence-corrected chi connectivity index (χ2v) is 7.17. The molecule has 27 heavy (non-hydrogen) atoms. The Labute approximate surface area is 162 Å². The second kappa shape index (κ2) is 7.84. The fraction of sp³-hybridized carbons (Fsp3) is 0.250. The van der Waals surface area contributed by atoms with E-state index in [-0.39, 0.29) is 0 Å². The van der Waals surface area contributed by atoms with Gasteiger partial charge in [-0.3, -0.25) is 0 Å². The molecule has 3 heterocycles. The van der Waals surface area contributed by atoms with Crippen LogP contribution in [0.5, 0.6) is 5.75 Å². The number of nitrogens with zero attached hydrogens (tertiary/aromatic N) is 5. The zero-order chi connectivity index (χ0) is 18.6. The molecule has 6 nitrogen and oxygen atoms in total. The monoisotopic (exact) mass is 379 g/mol. The van der Waals surface area contributed by atoms with Gasteiger partial charge in [-0.1, -0.05) is 35.5 Å². The first-order chi connectivity index (χ1) is 13.2. The third-order valence-corrected chi connectivity index (χ3v) is 5.26. The number of benzene rings is 1. The first-order valence-corrected chi connectivity index (χ1v) is 9.88. The Morgan fingerprint density at radius 3 is 2.70 bits per heavy atom. The number of pyridine rings is 1. The molecule has 0 aliphatic rings. The molecule has 3 aromatic heterocycles. The van der Waals surface area contributed by atoms with Crippen molar-refractivity contribution in [2.75, 3.05) is 0 Å². The average Bonchev–Trinajstić information content (AvgIpc) is 3.28. The van der Waals surface area contributed by atoms with Crippen LogP contribution in [0.1, 0.15) is 24.0 Å². The van der Waals surface area contributed by atoms with Gasteiger partial charge in [-0.15, -0.1) is 10.2 Å². The van der Waals surface area contributed by atoms with Crippen LogP contribution in [0.3, 0.4) is 0 Å². The minimum atomic E-state index is 0.402. The molecule has 0 aliphatic heterocycles. The number of hydrogen-bond donors (Lipinski definition) is 0. The summed E-state index contributed by atoms with van der Waals surface area (Å²) in [5.41, 5.74) is 3.19. The van der Waals surface area contributed by atoms with Gasteiger partial charge in [0.1, 0.15) is 18.0 Å². The summed E-state index contributed by atoms with van der Waals surface area (Å²) in [7, 11) is 0. The first-order valence-electron chi connectivity index (χ1n) is 8.90. The Morgan fingerprint density at radius 1 is 1.07 bits per heavy atom. The van der Waals surface area contributed by atoms with Crippen molar-refractivity contribution in [3.05, 3.63) is 71.9 Å². The Hall–Kier alpha value is -2.80. The predicted octanol–water partition coefficient (Wildman–Crippen LogP) is 4.13. The van der Waals surface area contributed by atoms with Crippen LogP contribution < -0.4 is 4.74 Å². The highest BCUT2D eigenvalue weighted by Gasteiger charge is 2.13. The predicted molar refractivity (Wildman–Crippen MR) is 106 cm³/mol. The number of aryl methyl sites for hydroxylation is 1. The highest BCUT2D eigenvalue weighted by atomic mass is 32.2. The van der Waals surface area contributed by atoms with Gasteiger partial charge >= 0.3 is 0 Å². The van der Waals surface area contributed by atoms with Gasteiger partial charge in [0.25, 0.3) is 0 Å². The van der Waals surface area contributed by atoms with E-state index in [0.717, 1.165) is 40.4 Å². The third kappa shape index (κ3) is 3.98. The van der Waals surface area contributed by atoms with Crippen molar-refractivity contribution in [1.82, 2.24) is 24.1 Å². The molecule has 138 valence electrons. The SMILES string of the molecule is CCn1c(COc2ccc(C)cc2)nnc1SCc1cn2ccccc2n1. The smallest absolute Gasteiger partial charge is 0.191 e. The zero-order valence-corrected chi connectivity index (χ0v) is 16.2. The summed E-state index contributed by atoms with van der Waals surface area (Å²) in [5, 5.41) is 9.55. The molecule has 0 aliphatic carbocycles. The lowest BCUT2D eigenvalue weighted by atomic mass is 10.2. The van der Waals surface area contributed by atoms with E-state index in [0.29, 0.717) is 6.61 Å². The molecule has 1 aromatic carbocycles. The molecule has 0 spiro atoms. The Bertz CT molecular complexity index is 1010. The van der Waals surface area contributed by atoms with Crippen LogP contribution in [0.4, 0.5) is 0 Å². The molecule has 0 radical (unpaired) electrons. The highest BCUT2D eigenvalue weighted by molar-refractivity contribution is 7.98. The van der Waals surface area contributed by atoms with Crippen LogP contribution in [-0.4, -0.2) is 24.1 Å². The number of ether oxygens (including phenoxy) is 1. The Kier molecular flexibility index (Phi) is 5.11. The number of aromatic nitrogens is 5.